The molecule has 1 N–H and O–H groups in total. The lowest BCUT2D eigenvalue weighted by atomic mass is 9.76. The molecule has 1 unspecified atom stereocenters. The molecular formula is C17H31N. The highest BCUT2D eigenvalue weighted by atomic mass is 14.9. The zero-order valence-electron chi connectivity index (χ0n) is 12.4. The highest BCUT2D eigenvalue weighted by Gasteiger charge is 2.26. The van der Waals surface area contributed by atoms with Crippen molar-refractivity contribution >= 4 is 0 Å². The Morgan fingerprint density at radius 2 is 1.89 bits per heavy atom. The number of unbranched alkanes of at least 4 members (excludes halogenated alkanes) is 1. The summed E-state index contributed by atoms with van der Waals surface area (Å²) < 4.78 is 0. The molecule has 0 saturated heterocycles. The Hall–Kier alpha value is -0.480. The molecule has 0 aromatic carbocycles. The van der Waals surface area contributed by atoms with Gasteiger partial charge in [0.15, 0.2) is 0 Å². The van der Waals surface area contributed by atoms with Crippen LogP contribution in [0.1, 0.15) is 71.6 Å². The van der Waals surface area contributed by atoms with Crippen molar-refractivity contribution in [2.75, 3.05) is 6.54 Å². The standard InChI is InChI=1S/C17H31N/c1-4-7-9-15-10-12-16(13-11-15)17(8-5-2)18-14-6-3/h2,15-18H,4,6-14H2,1,3H3. The molecule has 1 aliphatic carbocycles. The van der Waals surface area contributed by atoms with Gasteiger partial charge >= 0.3 is 0 Å². The predicted molar refractivity (Wildman–Crippen MR) is 80.5 cm³/mol. The molecule has 0 bridgehead atoms. The number of terminal acetylenes is 1. The molecule has 1 heteroatoms. The van der Waals surface area contributed by atoms with Crippen LogP contribution >= 0.6 is 0 Å². The van der Waals surface area contributed by atoms with Crippen LogP contribution in [0.4, 0.5) is 0 Å². The van der Waals surface area contributed by atoms with E-state index in [0.717, 1.165) is 24.8 Å². The van der Waals surface area contributed by atoms with Gasteiger partial charge in [0.1, 0.15) is 0 Å². The van der Waals surface area contributed by atoms with Gasteiger partial charge in [0.2, 0.25) is 0 Å². The van der Waals surface area contributed by atoms with Gasteiger partial charge < -0.3 is 5.32 Å². The molecule has 0 aromatic heterocycles. The van der Waals surface area contributed by atoms with Crippen LogP contribution in [0.15, 0.2) is 0 Å². The molecule has 0 aliphatic heterocycles. The van der Waals surface area contributed by atoms with Crippen LogP contribution in [-0.2, 0) is 0 Å². The highest BCUT2D eigenvalue weighted by molar-refractivity contribution is 4.93. The fraction of sp³-hybridized carbons (Fsp3) is 0.882. The van der Waals surface area contributed by atoms with Crippen LogP contribution in [0.25, 0.3) is 0 Å². The van der Waals surface area contributed by atoms with Gasteiger partial charge in [-0.2, -0.15) is 0 Å². The number of rotatable bonds is 8. The van der Waals surface area contributed by atoms with Gasteiger partial charge in [-0.25, -0.2) is 0 Å². The molecule has 0 amide bonds. The number of nitrogens with one attached hydrogen (secondary N) is 1. The summed E-state index contributed by atoms with van der Waals surface area (Å²) >= 11 is 0. The van der Waals surface area contributed by atoms with Crippen molar-refractivity contribution in [2.45, 2.75) is 77.7 Å². The van der Waals surface area contributed by atoms with Crippen molar-refractivity contribution in [3.63, 3.8) is 0 Å². The summed E-state index contributed by atoms with van der Waals surface area (Å²) in [7, 11) is 0. The van der Waals surface area contributed by atoms with Crippen molar-refractivity contribution in [2.24, 2.45) is 11.8 Å². The van der Waals surface area contributed by atoms with Gasteiger partial charge in [0, 0.05) is 12.5 Å². The van der Waals surface area contributed by atoms with Gasteiger partial charge in [-0.3, -0.25) is 0 Å². The number of hydrogen-bond acceptors (Lipinski definition) is 1. The van der Waals surface area contributed by atoms with Crippen LogP contribution < -0.4 is 5.32 Å². The molecule has 0 heterocycles. The van der Waals surface area contributed by atoms with E-state index in [4.69, 9.17) is 6.42 Å². The highest BCUT2D eigenvalue weighted by Crippen LogP contribution is 2.34. The van der Waals surface area contributed by atoms with Crippen molar-refractivity contribution in [3.8, 4) is 12.3 Å². The summed E-state index contributed by atoms with van der Waals surface area (Å²) in [6, 6.07) is 0.571. The Labute approximate surface area is 114 Å². The molecule has 0 aromatic rings. The van der Waals surface area contributed by atoms with Crippen molar-refractivity contribution in [3.05, 3.63) is 0 Å². The molecule has 0 spiro atoms. The first-order valence-corrected chi connectivity index (χ1v) is 7.98. The van der Waals surface area contributed by atoms with E-state index in [2.05, 4.69) is 25.1 Å². The first-order chi connectivity index (χ1) is 8.81. The molecule has 18 heavy (non-hydrogen) atoms. The minimum atomic E-state index is 0.571. The average Bonchev–Trinajstić information content (AvgIpc) is 2.42. The van der Waals surface area contributed by atoms with E-state index >= 15 is 0 Å². The minimum Gasteiger partial charge on any atom is -0.313 e. The molecule has 1 aliphatic rings. The zero-order chi connectivity index (χ0) is 13.2. The summed E-state index contributed by atoms with van der Waals surface area (Å²) in [6.45, 7) is 5.63. The third-order valence-corrected chi connectivity index (χ3v) is 4.42. The Balaban J connectivity index is 2.31. The molecule has 1 atom stereocenters. The van der Waals surface area contributed by atoms with Gasteiger partial charge in [-0.1, -0.05) is 46.0 Å². The summed E-state index contributed by atoms with van der Waals surface area (Å²) in [5, 5.41) is 3.66. The lowest BCUT2D eigenvalue weighted by Gasteiger charge is -2.34. The summed E-state index contributed by atoms with van der Waals surface area (Å²) in [4.78, 5) is 0. The van der Waals surface area contributed by atoms with E-state index in [-0.39, 0.29) is 0 Å². The third-order valence-electron chi connectivity index (χ3n) is 4.42. The largest absolute Gasteiger partial charge is 0.313 e. The molecule has 0 radical (unpaired) electrons. The van der Waals surface area contributed by atoms with Crippen LogP contribution in [0.2, 0.25) is 0 Å². The first-order valence-electron chi connectivity index (χ1n) is 7.98. The Morgan fingerprint density at radius 3 is 2.44 bits per heavy atom. The fourth-order valence-electron chi connectivity index (χ4n) is 3.23. The number of hydrogen-bond donors (Lipinski definition) is 1. The van der Waals surface area contributed by atoms with E-state index in [1.165, 1.54) is 51.4 Å². The second-order valence-electron chi connectivity index (χ2n) is 5.89. The SMILES string of the molecule is C#CCC(NCCC)C1CCC(CCCC)CC1. The predicted octanol–water partition coefficient (Wildman–Crippen LogP) is 4.37. The van der Waals surface area contributed by atoms with Crippen molar-refractivity contribution in [1.29, 1.82) is 0 Å². The Morgan fingerprint density at radius 1 is 1.17 bits per heavy atom. The lowest BCUT2D eigenvalue weighted by molar-refractivity contribution is 0.213. The Bertz CT molecular complexity index is 232. The van der Waals surface area contributed by atoms with Gasteiger partial charge in [0.25, 0.3) is 0 Å². The average molecular weight is 249 g/mol. The summed E-state index contributed by atoms with van der Waals surface area (Å²) in [5.74, 6) is 4.68. The fourth-order valence-corrected chi connectivity index (χ4v) is 3.23. The van der Waals surface area contributed by atoms with E-state index < -0.39 is 0 Å². The zero-order valence-corrected chi connectivity index (χ0v) is 12.4. The van der Waals surface area contributed by atoms with Crippen LogP contribution in [0, 0.1) is 24.2 Å². The summed E-state index contributed by atoms with van der Waals surface area (Å²) in [6.07, 6.45) is 17.5. The van der Waals surface area contributed by atoms with E-state index in [0.29, 0.717) is 6.04 Å². The lowest BCUT2D eigenvalue weighted by Crippen LogP contribution is -2.38. The van der Waals surface area contributed by atoms with Crippen molar-refractivity contribution < 1.29 is 0 Å². The van der Waals surface area contributed by atoms with E-state index in [1.807, 2.05) is 0 Å². The van der Waals surface area contributed by atoms with Gasteiger partial charge in [0.05, 0.1) is 0 Å². The molecule has 1 saturated carbocycles. The molecule has 104 valence electrons. The van der Waals surface area contributed by atoms with Gasteiger partial charge in [-0.05, 0) is 37.6 Å². The summed E-state index contributed by atoms with van der Waals surface area (Å²) in [5.41, 5.74) is 0. The molecule has 1 nitrogen and oxygen atoms in total. The second-order valence-corrected chi connectivity index (χ2v) is 5.89. The maximum atomic E-state index is 5.51. The van der Waals surface area contributed by atoms with Gasteiger partial charge in [-0.15, -0.1) is 12.3 Å². The van der Waals surface area contributed by atoms with Crippen LogP contribution in [-0.4, -0.2) is 12.6 Å². The normalized spacial score (nSPS) is 25.6. The Kier molecular flexibility index (Phi) is 8.18. The quantitative estimate of drug-likeness (QED) is 0.630. The van der Waals surface area contributed by atoms with Crippen molar-refractivity contribution in [1.82, 2.24) is 5.32 Å². The maximum Gasteiger partial charge on any atom is 0.0243 e. The minimum absolute atomic E-state index is 0.571. The third kappa shape index (κ3) is 5.44. The maximum absolute atomic E-state index is 5.51. The molecular weight excluding hydrogens is 218 g/mol. The first kappa shape index (κ1) is 15.6. The second kappa shape index (κ2) is 9.45. The van der Waals surface area contributed by atoms with Crippen LogP contribution in [0.5, 0.6) is 0 Å². The molecule has 1 rings (SSSR count). The van der Waals surface area contributed by atoms with E-state index in [1.54, 1.807) is 0 Å². The topological polar surface area (TPSA) is 12.0 Å². The monoisotopic (exact) mass is 249 g/mol. The molecule has 1 fully saturated rings. The van der Waals surface area contributed by atoms with Crippen LogP contribution in [0.3, 0.4) is 0 Å². The van der Waals surface area contributed by atoms with E-state index in [9.17, 15) is 0 Å². The smallest absolute Gasteiger partial charge is 0.0243 e.